The quantitative estimate of drug-likeness (QED) is 0.0146. The molecule has 0 bridgehead atoms. The van der Waals surface area contributed by atoms with Crippen molar-refractivity contribution in [2.45, 2.75) is 37.0 Å². The van der Waals surface area contributed by atoms with Gasteiger partial charge in [-0.25, -0.2) is 42.8 Å². The molecule has 6 aromatic heterocycles. The average Bonchev–Trinajstić information content (AvgIpc) is 4.05. The third kappa shape index (κ3) is 15.3. The maximum atomic E-state index is 13.2. The number of nitrogen functional groups attached to an aromatic ring is 3. The van der Waals surface area contributed by atoms with Crippen LogP contribution < -0.4 is 32.9 Å². The Morgan fingerprint density at radius 3 is 1.75 bits per heavy atom. The molecular formula is C32H50N15O24P4+. The predicted molar refractivity (Wildman–Crippen MR) is 245 cm³/mol. The van der Waals surface area contributed by atoms with Crippen molar-refractivity contribution in [1.82, 2.24) is 53.6 Å². The minimum absolute atomic E-state index is 0.0166. The van der Waals surface area contributed by atoms with Crippen molar-refractivity contribution in [3.8, 4) is 0 Å². The van der Waals surface area contributed by atoms with Gasteiger partial charge in [0.25, 0.3) is 17.1 Å². The fraction of sp³-hybridized carbons (Fsp3) is 0.531. The summed E-state index contributed by atoms with van der Waals surface area (Å²) in [6.07, 6.45) is -4.66. The molecule has 0 radical (unpaired) electrons. The number of phosphoric acid groups is 4. The fourth-order valence-electron chi connectivity index (χ4n) is 6.57. The van der Waals surface area contributed by atoms with Crippen LogP contribution in [-0.2, 0) is 71.0 Å². The van der Waals surface area contributed by atoms with E-state index in [0.717, 1.165) is 21.8 Å². The molecule has 416 valence electrons. The number of imidazole rings is 3. The second kappa shape index (κ2) is 24.9. The number of aliphatic hydroxyl groups excluding tert-OH is 4. The van der Waals surface area contributed by atoms with Crippen molar-refractivity contribution in [3.63, 3.8) is 0 Å². The van der Waals surface area contributed by atoms with E-state index in [1.165, 1.54) is 35.9 Å². The molecule has 0 saturated carbocycles. The zero-order valence-electron chi connectivity index (χ0n) is 38.7. The Labute approximate surface area is 417 Å². The lowest BCUT2D eigenvalue weighted by Crippen LogP contribution is -2.46. The van der Waals surface area contributed by atoms with E-state index in [9.17, 15) is 67.8 Å². The lowest BCUT2D eigenvalue weighted by atomic mass is 10.4. The summed E-state index contributed by atoms with van der Waals surface area (Å²) in [5.41, 5.74) is 15.5. The first-order valence-electron chi connectivity index (χ1n) is 20.9. The third-order valence-electron chi connectivity index (χ3n) is 9.74. The molecule has 6 aromatic rings. The number of ether oxygens (including phenoxy) is 4. The van der Waals surface area contributed by atoms with Gasteiger partial charge in [0, 0.05) is 7.11 Å². The smallest absolute Gasteiger partial charge is 0.394 e. The molecule has 0 saturated heterocycles. The number of anilines is 3. The maximum Gasteiger partial charge on any atom is 0.490 e. The molecule has 0 spiro atoms. The number of nitrogens with one attached hydrogen (secondary N) is 2. The highest BCUT2D eigenvalue weighted by Crippen LogP contribution is 2.67. The molecule has 0 aliphatic carbocycles. The Bertz CT molecular complexity index is 3250. The summed E-state index contributed by atoms with van der Waals surface area (Å²) in [7, 11) is -20.6. The van der Waals surface area contributed by atoms with Gasteiger partial charge < -0.3 is 76.1 Å². The maximum absolute atomic E-state index is 13.2. The lowest BCUT2D eigenvalue weighted by Gasteiger charge is -2.27. The highest BCUT2D eigenvalue weighted by atomic mass is 31.3. The van der Waals surface area contributed by atoms with Crippen molar-refractivity contribution in [2.75, 3.05) is 83.8 Å². The number of rotatable bonds is 31. The number of fused-ring (bicyclic) bond motifs is 3. The number of aromatic nitrogens is 12. The van der Waals surface area contributed by atoms with E-state index in [2.05, 4.69) is 53.0 Å². The Kier molecular flexibility index (Phi) is 19.6. The van der Waals surface area contributed by atoms with Gasteiger partial charge in [-0.3, -0.25) is 51.4 Å². The normalized spacial score (nSPS) is 18.0. The first-order chi connectivity index (χ1) is 35.3. The average molecular weight is 1150 g/mol. The molecule has 0 aliphatic rings. The van der Waals surface area contributed by atoms with Crippen LogP contribution in [0.2, 0.25) is 0 Å². The van der Waals surface area contributed by atoms with Crippen LogP contribution in [0.3, 0.4) is 0 Å². The van der Waals surface area contributed by atoms with Crippen LogP contribution >= 0.6 is 31.3 Å². The van der Waals surface area contributed by atoms with Crippen LogP contribution in [0.5, 0.6) is 0 Å². The Morgan fingerprint density at radius 2 is 1.16 bits per heavy atom. The van der Waals surface area contributed by atoms with E-state index < -0.39 is 132 Å². The Morgan fingerprint density at radius 1 is 0.627 bits per heavy atom. The number of H-pyrrole nitrogens is 2. The van der Waals surface area contributed by atoms with Crippen LogP contribution in [0.4, 0.5) is 17.7 Å². The van der Waals surface area contributed by atoms with Crippen molar-refractivity contribution in [3.05, 3.63) is 46.0 Å². The van der Waals surface area contributed by atoms with Crippen LogP contribution in [0.25, 0.3) is 33.5 Å². The standard InChI is InChI=1S/C32H49N15O24P4/c1-44-15-47(28-24(44)30(53)43-32(35)41-28)20(6-51)68-17(4-49)8-65-73(56,57)70-75(60,61)71-74(58,59)66-10-18(69-21(11-62-2)46-13-38-22-25(33)36-12-37-26(22)46)9-64-72(54,55)63-7-16(3-48)67-19(5-50)45-14-39-23-27(45)40-31(34)42-29(23)52/h12-21,48-51H,3-11H2,1-2H3,(H11-,33,34,35,36,37,40,41,42,43,52,53,54,55,56,57,58,59,60,61)/p+1/t16-,17-,18-,19+,20+,21+/m0/s1. The Balaban J connectivity index is 1.11. The molecule has 16 N–H and O–H groups in total. The summed E-state index contributed by atoms with van der Waals surface area (Å²) in [5.74, 6) is -0.678. The summed E-state index contributed by atoms with van der Waals surface area (Å²) >= 11 is 0. The number of hydrogen-bond acceptors (Lipinski definition) is 29. The molecule has 0 amide bonds. The zero-order chi connectivity index (χ0) is 55.0. The van der Waals surface area contributed by atoms with Crippen LogP contribution in [0.15, 0.2) is 34.9 Å². The van der Waals surface area contributed by atoms with Gasteiger partial charge >= 0.3 is 36.9 Å². The summed E-state index contributed by atoms with van der Waals surface area (Å²) in [6, 6.07) is 0. The number of phosphoric ester groups is 3. The van der Waals surface area contributed by atoms with Crippen LogP contribution in [0.1, 0.15) is 18.7 Å². The van der Waals surface area contributed by atoms with Crippen molar-refractivity contribution < 1.29 is 108 Å². The highest BCUT2D eigenvalue weighted by molar-refractivity contribution is 7.66. The van der Waals surface area contributed by atoms with Gasteiger partial charge in [0.05, 0.1) is 72.6 Å². The minimum Gasteiger partial charge on any atom is -0.394 e. The second-order valence-corrected chi connectivity index (χ2v) is 21.2. The second-order valence-electron chi connectivity index (χ2n) is 15.2. The molecule has 43 heteroatoms. The molecule has 4 unspecified atom stereocenters. The zero-order valence-corrected chi connectivity index (χ0v) is 42.3. The van der Waals surface area contributed by atoms with Gasteiger partial charge in [-0.05, 0) is 0 Å². The van der Waals surface area contributed by atoms with Gasteiger partial charge in [-0.2, -0.15) is 13.6 Å². The van der Waals surface area contributed by atoms with E-state index in [1.807, 2.05) is 0 Å². The molecular weight excluding hydrogens is 1100 g/mol. The molecule has 10 atom stereocenters. The summed E-state index contributed by atoms with van der Waals surface area (Å²) in [6.45, 7) is -8.40. The molecule has 6 rings (SSSR count). The SMILES string of the molecule is COC[C@@H](O[C@@H](COP(=O)(O)OC[C@H](CO)O[C@H](CO)n1cnc2c(=O)[nH]c(N)nc21)COP(=O)(O)OP(=O)(O)OP(=O)(O)OC[C@H](CO)O[C@H](CO)[n+]1cn(C)c2c(=O)[nH]c(N)nc21)n1cnc2c(N)ncnc21. The van der Waals surface area contributed by atoms with Gasteiger partial charge in [-0.15, -0.1) is 0 Å². The largest absolute Gasteiger partial charge is 0.490 e. The molecule has 75 heavy (non-hydrogen) atoms. The first kappa shape index (κ1) is 59.1. The molecule has 39 nitrogen and oxygen atoms in total. The molecule has 0 fully saturated rings. The number of aryl methyl sites for hydroxylation is 1. The van der Waals surface area contributed by atoms with Gasteiger partial charge in [0.1, 0.15) is 36.8 Å². The summed E-state index contributed by atoms with van der Waals surface area (Å²) in [5, 5.41) is 40.1. The monoisotopic (exact) mass is 1150 g/mol. The van der Waals surface area contributed by atoms with E-state index in [-0.39, 0.29) is 57.8 Å². The number of methoxy groups -OCH3 is 1. The van der Waals surface area contributed by atoms with Crippen LogP contribution in [0, 0.1) is 0 Å². The van der Waals surface area contributed by atoms with E-state index in [4.69, 9.17) is 49.7 Å². The van der Waals surface area contributed by atoms with Gasteiger partial charge in [0.2, 0.25) is 17.7 Å². The van der Waals surface area contributed by atoms with E-state index >= 15 is 0 Å². The predicted octanol–water partition coefficient (Wildman–Crippen LogP) is -3.96. The van der Waals surface area contributed by atoms with E-state index in [1.54, 1.807) is 0 Å². The third-order valence-corrected chi connectivity index (χ3v) is 14.9. The summed E-state index contributed by atoms with van der Waals surface area (Å²) < 4.78 is 107. The topological polar surface area (TPSA) is 562 Å². The molecule has 0 aliphatic heterocycles. The van der Waals surface area contributed by atoms with Crippen molar-refractivity contribution >= 4 is 82.5 Å². The van der Waals surface area contributed by atoms with Gasteiger partial charge in [-0.1, -0.05) is 4.98 Å². The number of hydrogen-bond donors (Lipinski definition) is 13. The van der Waals surface area contributed by atoms with Crippen molar-refractivity contribution in [2.24, 2.45) is 7.05 Å². The van der Waals surface area contributed by atoms with Crippen LogP contribution in [-0.4, -0.2) is 178 Å². The van der Waals surface area contributed by atoms with Crippen molar-refractivity contribution in [1.29, 1.82) is 0 Å². The minimum atomic E-state index is -6.19. The Hall–Kier alpha value is -5.15. The molecule has 0 aromatic carbocycles. The number of aromatic amines is 2. The first-order valence-corrected chi connectivity index (χ1v) is 26.9. The number of nitrogens with two attached hydrogens (primary N) is 3. The number of nitrogens with zero attached hydrogens (tertiary/aromatic N) is 10. The highest BCUT2D eigenvalue weighted by Gasteiger charge is 2.43. The molecule has 6 heterocycles. The lowest BCUT2D eigenvalue weighted by molar-refractivity contribution is -0.746. The van der Waals surface area contributed by atoms with E-state index in [0.29, 0.717) is 0 Å². The fourth-order valence-corrected chi connectivity index (χ4v) is 10.9. The summed E-state index contributed by atoms with van der Waals surface area (Å²) in [4.78, 5) is 94.9. The number of aliphatic hydroxyl groups is 4. The van der Waals surface area contributed by atoms with Gasteiger partial charge in [0.15, 0.2) is 41.4 Å².